The molecule has 0 spiro atoms. The third-order valence-corrected chi connectivity index (χ3v) is 2.42. The Bertz CT molecular complexity index is 553. The molecular weight excluding hydrogens is 295 g/mol. The molecule has 1 aromatic heterocycles. The summed E-state index contributed by atoms with van der Waals surface area (Å²) in [4.78, 5) is 33.3. The first kappa shape index (κ1) is 16.5. The number of rotatable bonds is 6. The first-order valence-corrected chi connectivity index (χ1v) is 5.64. The summed E-state index contributed by atoms with van der Waals surface area (Å²) in [5.74, 6) is -3.53. The number of aliphatic carboxylic acids is 1. The summed E-state index contributed by atoms with van der Waals surface area (Å²) >= 11 is 0. The highest BCUT2D eigenvalue weighted by Crippen LogP contribution is 2.19. The predicted octanol–water partition coefficient (Wildman–Crippen LogP) is 0.109. The second-order valence-electron chi connectivity index (χ2n) is 4.17. The van der Waals surface area contributed by atoms with Gasteiger partial charge in [0.05, 0.1) is 6.42 Å². The Morgan fingerprint density at radius 1 is 1.38 bits per heavy atom. The van der Waals surface area contributed by atoms with Gasteiger partial charge < -0.3 is 20.7 Å². The zero-order valence-corrected chi connectivity index (χ0v) is 10.6. The number of carbonyl (C=O) groups is 3. The van der Waals surface area contributed by atoms with Crippen LogP contribution in [0.25, 0.3) is 0 Å². The molecule has 0 unspecified atom stereocenters. The highest BCUT2D eigenvalue weighted by Gasteiger charge is 2.30. The van der Waals surface area contributed by atoms with Gasteiger partial charge in [0.2, 0.25) is 5.91 Å². The fraction of sp³-hybridized carbons (Fsp3) is 0.364. The van der Waals surface area contributed by atoms with Gasteiger partial charge in [-0.2, -0.15) is 13.2 Å². The van der Waals surface area contributed by atoms with Gasteiger partial charge in [-0.15, -0.1) is 0 Å². The van der Waals surface area contributed by atoms with Crippen molar-refractivity contribution >= 4 is 17.8 Å². The molecular formula is C11H12F3N3O4. The van der Waals surface area contributed by atoms with Crippen LogP contribution in [0.5, 0.6) is 0 Å². The van der Waals surface area contributed by atoms with E-state index in [0.717, 1.165) is 12.3 Å². The highest BCUT2D eigenvalue weighted by molar-refractivity contribution is 5.96. The van der Waals surface area contributed by atoms with Crippen LogP contribution in [0.1, 0.15) is 16.9 Å². The standard InChI is InChI=1S/C11H12F3N3O4/c12-11(13,14)5-17-3-1-2-7(17)9(19)16-6(10(20)21)4-8(15)18/h1-3,6H,4-5H2,(H2,15,18)(H,16,19)(H,20,21)/t6-/m1/s1. The Labute approximate surface area is 116 Å². The maximum Gasteiger partial charge on any atom is 0.406 e. The van der Waals surface area contributed by atoms with Crippen LogP contribution >= 0.6 is 0 Å². The molecule has 1 heterocycles. The number of halogens is 3. The van der Waals surface area contributed by atoms with E-state index in [1.807, 2.05) is 5.32 Å². The molecule has 1 rings (SSSR count). The van der Waals surface area contributed by atoms with Crippen LogP contribution < -0.4 is 11.1 Å². The van der Waals surface area contributed by atoms with Gasteiger partial charge in [0.25, 0.3) is 5.91 Å². The van der Waals surface area contributed by atoms with E-state index in [1.54, 1.807) is 0 Å². The number of nitrogens with two attached hydrogens (primary N) is 1. The molecule has 1 aromatic rings. The molecule has 2 amide bonds. The summed E-state index contributed by atoms with van der Waals surface area (Å²) in [5.41, 5.74) is 4.46. The number of hydrogen-bond donors (Lipinski definition) is 3. The minimum atomic E-state index is -4.53. The molecule has 0 aromatic carbocycles. The summed E-state index contributed by atoms with van der Waals surface area (Å²) in [6, 6.07) is 0.707. The van der Waals surface area contributed by atoms with E-state index >= 15 is 0 Å². The number of alkyl halides is 3. The molecule has 7 nitrogen and oxygen atoms in total. The number of carbonyl (C=O) groups excluding carboxylic acids is 2. The third kappa shape index (κ3) is 5.16. The van der Waals surface area contributed by atoms with Crippen molar-refractivity contribution in [3.05, 3.63) is 24.0 Å². The molecule has 0 aliphatic rings. The Hall–Kier alpha value is -2.52. The number of hydrogen-bond acceptors (Lipinski definition) is 3. The topological polar surface area (TPSA) is 114 Å². The first-order chi connectivity index (χ1) is 9.60. The summed E-state index contributed by atoms with van der Waals surface area (Å²) in [5, 5.41) is 10.8. The van der Waals surface area contributed by atoms with Crippen molar-refractivity contribution in [3.8, 4) is 0 Å². The lowest BCUT2D eigenvalue weighted by Crippen LogP contribution is -2.44. The van der Waals surface area contributed by atoms with Crippen molar-refractivity contribution < 1.29 is 32.7 Å². The minimum absolute atomic E-state index is 0.372. The minimum Gasteiger partial charge on any atom is -0.480 e. The van der Waals surface area contributed by atoms with Gasteiger partial charge >= 0.3 is 12.1 Å². The SMILES string of the molecule is NC(=O)C[C@@H](NC(=O)c1cccn1CC(F)(F)F)C(=O)O. The van der Waals surface area contributed by atoms with Crippen LogP contribution in [0.2, 0.25) is 0 Å². The summed E-state index contributed by atoms with van der Waals surface area (Å²) < 4.78 is 37.6. The van der Waals surface area contributed by atoms with E-state index in [0.29, 0.717) is 4.57 Å². The van der Waals surface area contributed by atoms with Crippen molar-refractivity contribution in [1.82, 2.24) is 9.88 Å². The molecule has 0 aliphatic carbocycles. The molecule has 116 valence electrons. The Kier molecular flexibility index (Phi) is 4.95. The van der Waals surface area contributed by atoms with Crippen LogP contribution in [0, 0.1) is 0 Å². The van der Waals surface area contributed by atoms with Crippen LogP contribution in [-0.2, 0) is 16.1 Å². The molecule has 0 aliphatic heterocycles. The predicted molar refractivity (Wildman–Crippen MR) is 63.2 cm³/mol. The molecule has 0 fully saturated rings. The Morgan fingerprint density at radius 3 is 2.48 bits per heavy atom. The number of nitrogens with one attached hydrogen (secondary N) is 1. The van der Waals surface area contributed by atoms with Crippen molar-refractivity contribution in [2.24, 2.45) is 5.73 Å². The smallest absolute Gasteiger partial charge is 0.406 e. The molecule has 0 radical (unpaired) electrons. The molecule has 0 saturated carbocycles. The second kappa shape index (κ2) is 6.29. The number of amides is 2. The zero-order valence-electron chi connectivity index (χ0n) is 10.6. The van der Waals surface area contributed by atoms with Crippen LogP contribution in [0.3, 0.4) is 0 Å². The Morgan fingerprint density at radius 2 is 2.00 bits per heavy atom. The number of aromatic nitrogens is 1. The van der Waals surface area contributed by atoms with Crippen molar-refractivity contribution in [1.29, 1.82) is 0 Å². The van der Waals surface area contributed by atoms with Crippen molar-refractivity contribution in [2.45, 2.75) is 25.2 Å². The van der Waals surface area contributed by atoms with Gasteiger partial charge in [0.1, 0.15) is 18.3 Å². The lowest BCUT2D eigenvalue weighted by Gasteiger charge is -2.15. The van der Waals surface area contributed by atoms with Crippen molar-refractivity contribution in [3.63, 3.8) is 0 Å². The van der Waals surface area contributed by atoms with E-state index in [-0.39, 0.29) is 5.69 Å². The second-order valence-corrected chi connectivity index (χ2v) is 4.17. The van der Waals surface area contributed by atoms with Gasteiger partial charge in [-0.1, -0.05) is 0 Å². The zero-order chi connectivity index (χ0) is 16.2. The number of carboxylic acids is 1. The molecule has 21 heavy (non-hydrogen) atoms. The lowest BCUT2D eigenvalue weighted by molar-refractivity contribution is -0.141. The van der Waals surface area contributed by atoms with Crippen molar-refractivity contribution in [2.75, 3.05) is 0 Å². The van der Waals surface area contributed by atoms with Crippen LogP contribution in [-0.4, -0.2) is 39.7 Å². The van der Waals surface area contributed by atoms with E-state index in [4.69, 9.17) is 10.8 Å². The van der Waals surface area contributed by atoms with Gasteiger partial charge in [0, 0.05) is 6.20 Å². The van der Waals surface area contributed by atoms with E-state index < -0.39 is 43.0 Å². The average molecular weight is 307 g/mol. The fourth-order valence-corrected chi connectivity index (χ4v) is 1.58. The largest absolute Gasteiger partial charge is 0.480 e. The monoisotopic (exact) mass is 307 g/mol. The molecule has 0 bridgehead atoms. The molecule has 10 heteroatoms. The molecule has 1 atom stereocenters. The number of carboxylic acid groups (broad SMARTS) is 1. The Balaban J connectivity index is 2.86. The summed E-state index contributed by atoms with van der Waals surface area (Å²) in [6.45, 7) is -1.39. The maximum atomic E-state index is 12.3. The summed E-state index contributed by atoms with van der Waals surface area (Å²) in [6.07, 6.45) is -4.17. The summed E-state index contributed by atoms with van der Waals surface area (Å²) in [7, 11) is 0. The fourth-order valence-electron chi connectivity index (χ4n) is 1.58. The van der Waals surface area contributed by atoms with Gasteiger partial charge in [-0.05, 0) is 12.1 Å². The van der Waals surface area contributed by atoms with Gasteiger partial charge in [0.15, 0.2) is 0 Å². The number of nitrogens with zero attached hydrogens (tertiary/aromatic N) is 1. The van der Waals surface area contributed by atoms with E-state index in [9.17, 15) is 27.6 Å². The maximum absolute atomic E-state index is 12.3. The quantitative estimate of drug-likeness (QED) is 0.692. The highest BCUT2D eigenvalue weighted by atomic mass is 19.4. The average Bonchev–Trinajstić information content (AvgIpc) is 2.72. The molecule has 0 saturated heterocycles. The third-order valence-electron chi connectivity index (χ3n) is 2.42. The van der Waals surface area contributed by atoms with E-state index in [1.165, 1.54) is 6.07 Å². The lowest BCUT2D eigenvalue weighted by atomic mass is 10.2. The number of primary amides is 1. The van der Waals surface area contributed by atoms with Crippen LogP contribution in [0.4, 0.5) is 13.2 Å². The van der Waals surface area contributed by atoms with Gasteiger partial charge in [-0.25, -0.2) is 4.79 Å². The van der Waals surface area contributed by atoms with Gasteiger partial charge in [-0.3, -0.25) is 9.59 Å². The normalized spacial score (nSPS) is 12.7. The first-order valence-electron chi connectivity index (χ1n) is 5.64. The molecule has 4 N–H and O–H groups in total. The van der Waals surface area contributed by atoms with Crippen LogP contribution in [0.15, 0.2) is 18.3 Å². The van der Waals surface area contributed by atoms with E-state index in [2.05, 4.69) is 0 Å².